The van der Waals surface area contributed by atoms with Crippen LogP contribution in [0.3, 0.4) is 0 Å². The quantitative estimate of drug-likeness (QED) is 0.840. The van der Waals surface area contributed by atoms with Gasteiger partial charge in [-0.05, 0) is 6.42 Å². The molecule has 0 fully saturated rings. The minimum Gasteiger partial charge on any atom is -0.383 e. The molecule has 2 aromatic rings. The summed E-state index contributed by atoms with van der Waals surface area (Å²) in [6.07, 6.45) is 1.72. The molecule has 0 bridgehead atoms. The summed E-state index contributed by atoms with van der Waals surface area (Å²) >= 11 is 0. The van der Waals surface area contributed by atoms with Crippen molar-refractivity contribution >= 4 is 17.3 Å². The Morgan fingerprint density at radius 2 is 1.79 bits per heavy atom. The van der Waals surface area contributed by atoms with E-state index in [1.165, 1.54) is 6.33 Å². The van der Waals surface area contributed by atoms with E-state index in [9.17, 15) is 13.2 Å². The molecule has 1 heterocycles. The molecule has 0 aliphatic rings. The van der Waals surface area contributed by atoms with Crippen LogP contribution in [0.25, 0.3) is 0 Å². The molecule has 2 rings (SSSR count). The average Bonchev–Trinajstić information content (AvgIpc) is 2.36. The smallest absolute Gasteiger partial charge is 0.161 e. The van der Waals surface area contributed by atoms with Crippen LogP contribution in [0.2, 0.25) is 0 Å². The maximum absolute atomic E-state index is 13.5. The Morgan fingerprint density at radius 3 is 2.47 bits per heavy atom. The zero-order valence-corrected chi connectivity index (χ0v) is 10.0. The minimum absolute atomic E-state index is 0.216. The number of anilines is 3. The van der Waals surface area contributed by atoms with E-state index in [-0.39, 0.29) is 17.3 Å². The Kier molecular flexibility index (Phi) is 3.55. The number of halogens is 3. The second-order valence-corrected chi connectivity index (χ2v) is 3.81. The molecular formula is C12H11F3N4. The van der Waals surface area contributed by atoms with Crippen molar-refractivity contribution in [3.05, 3.63) is 41.5 Å². The second-order valence-electron chi connectivity index (χ2n) is 3.81. The Labute approximate surface area is 107 Å². The molecule has 0 amide bonds. The fraction of sp³-hybridized carbons (Fsp3) is 0.167. The van der Waals surface area contributed by atoms with Gasteiger partial charge in [-0.25, -0.2) is 23.1 Å². The van der Waals surface area contributed by atoms with E-state index in [0.717, 1.165) is 6.07 Å². The third kappa shape index (κ3) is 2.59. The SMILES string of the molecule is CCc1c(N)ncnc1Nc1cc(F)c(F)cc1F. The van der Waals surface area contributed by atoms with Crippen LogP contribution in [0, 0.1) is 17.5 Å². The van der Waals surface area contributed by atoms with Crippen molar-refractivity contribution in [1.82, 2.24) is 9.97 Å². The van der Waals surface area contributed by atoms with E-state index in [0.29, 0.717) is 18.1 Å². The molecule has 0 spiro atoms. The lowest BCUT2D eigenvalue weighted by atomic mass is 10.2. The van der Waals surface area contributed by atoms with Crippen molar-refractivity contribution in [2.24, 2.45) is 0 Å². The number of benzene rings is 1. The summed E-state index contributed by atoms with van der Waals surface area (Å²) < 4.78 is 39.4. The molecule has 0 radical (unpaired) electrons. The first-order chi connectivity index (χ1) is 9.02. The second kappa shape index (κ2) is 5.13. The Balaban J connectivity index is 2.42. The molecule has 0 aliphatic carbocycles. The number of hydrogen-bond acceptors (Lipinski definition) is 4. The fourth-order valence-corrected chi connectivity index (χ4v) is 1.63. The normalized spacial score (nSPS) is 10.5. The van der Waals surface area contributed by atoms with Crippen LogP contribution in [-0.2, 0) is 6.42 Å². The lowest BCUT2D eigenvalue weighted by Gasteiger charge is -2.11. The van der Waals surface area contributed by atoms with E-state index in [1.54, 1.807) is 0 Å². The van der Waals surface area contributed by atoms with Gasteiger partial charge in [0.2, 0.25) is 0 Å². The van der Waals surface area contributed by atoms with Gasteiger partial charge in [0.25, 0.3) is 0 Å². The lowest BCUT2D eigenvalue weighted by molar-refractivity contribution is 0.496. The molecule has 1 aromatic carbocycles. The van der Waals surface area contributed by atoms with Crippen LogP contribution in [0.5, 0.6) is 0 Å². The van der Waals surface area contributed by atoms with E-state index in [1.807, 2.05) is 6.92 Å². The summed E-state index contributed by atoms with van der Waals surface area (Å²) in [5, 5.41) is 2.59. The molecule has 7 heteroatoms. The number of hydrogen-bond donors (Lipinski definition) is 2. The molecule has 0 atom stereocenters. The highest BCUT2D eigenvalue weighted by atomic mass is 19.2. The number of nitrogens with one attached hydrogen (secondary N) is 1. The first-order valence-corrected chi connectivity index (χ1v) is 5.53. The molecule has 0 unspecified atom stereocenters. The van der Waals surface area contributed by atoms with Crippen LogP contribution >= 0.6 is 0 Å². The van der Waals surface area contributed by atoms with Gasteiger partial charge in [0, 0.05) is 17.7 Å². The number of nitrogens with two attached hydrogens (primary N) is 1. The third-order valence-electron chi connectivity index (χ3n) is 2.60. The van der Waals surface area contributed by atoms with Gasteiger partial charge in [-0.15, -0.1) is 0 Å². The largest absolute Gasteiger partial charge is 0.383 e. The summed E-state index contributed by atoms with van der Waals surface area (Å²) in [6.45, 7) is 1.82. The Bertz CT molecular complexity index is 616. The minimum atomic E-state index is -1.25. The highest BCUT2D eigenvalue weighted by Gasteiger charge is 2.13. The van der Waals surface area contributed by atoms with Crippen LogP contribution in [-0.4, -0.2) is 9.97 Å². The standard InChI is InChI=1S/C12H11F3N4/c1-2-6-11(16)17-5-18-12(6)19-10-4-8(14)7(13)3-9(10)15/h3-5H,2H2,1H3,(H3,16,17,18,19). The maximum Gasteiger partial charge on any atom is 0.161 e. The van der Waals surface area contributed by atoms with Gasteiger partial charge in [0.1, 0.15) is 23.8 Å². The molecular weight excluding hydrogens is 257 g/mol. The van der Waals surface area contributed by atoms with E-state index in [2.05, 4.69) is 15.3 Å². The predicted molar refractivity (Wildman–Crippen MR) is 65.4 cm³/mol. The summed E-state index contributed by atoms with van der Waals surface area (Å²) in [7, 11) is 0. The summed E-state index contributed by atoms with van der Waals surface area (Å²) in [5.74, 6) is -2.80. The number of nitrogens with zero attached hydrogens (tertiary/aromatic N) is 2. The van der Waals surface area contributed by atoms with Crippen molar-refractivity contribution in [3.63, 3.8) is 0 Å². The van der Waals surface area contributed by atoms with Gasteiger partial charge in [0.05, 0.1) is 5.69 Å². The first-order valence-electron chi connectivity index (χ1n) is 5.53. The van der Waals surface area contributed by atoms with Gasteiger partial charge >= 0.3 is 0 Å². The van der Waals surface area contributed by atoms with Crippen molar-refractivity contribution in [3.8, 4) is 0 Å². The molecule has 0 saturated heterocycles. The fourth-order valence-electron chi connectivity index (χ4n) is 1.63. The van der Waals surface area contributed by atoms with Crippen molar-refractivity contribution in [1.29, 1.82) is 0 Å². The van der Waals surface area contributed by atoms with Gasteiger partial charge in [-0.1, -0.05) is 6.92 Å². The number of aromatic nitrogens is 2. The Hall–Kier alpha value is -2.31. The Morgan fingerprint density at radius 1 is 1.11 bits per heavy atom. The molecule has 0 saturated carbocycles. The zero-order chi connectivity index (χ0) is 14.0. The van der Waals surface area contributed by atoms with E-state index in [4.69, 9.17) is 5.73 Å². The molecule has 3 N–H and O–H groups in total. The lowest BCUT2D eigenvalue weighted by Crippen LogP contribution is -2.06. The van der Waals surface area contributed by atoms with Crippen molar-refractivity contribution < 1.29 is 13.2 Å². The van der Waals surface area contributed by atoms with Gasteiger partial charge in [-0.2, -0.15) is 0 Å². The van der Waals surface area contributed by atoms with Crippen molar-refractivity contribution in [2.75, 3.05) is 11.1 Å². The van der Waals surface area contributed by atoms with Crippen LogP contribution in [0.15, 0.2) is 18.5 Å². The highest BCUT2D eigenvalue weighted by molar-refractivity contribution is 5.64. The molecule has 4 nitrogen and oxygen atoms in total. The molecule has 0 aliphatic heterocycles. The van der Waals surface area contributed by atoms with Crippen LogP contribution < -0.4 is 11.1 Å². The predicted octanol–water partition coefficient (Wildman–Crippen LogP) is 2.78. The van der Waals surface area contributed by atoms with Gasteiger partial charge in [-0.3, -0.25) is 0 Å². The average molecular weight is 268 g/mol. The molecule has 19 heavy (non-hydrogen) atoms. The third-order valence-corrected chi connectivity index (χ3v) is 2.60. The number of nitrogen functional groups attached to an aromatic ring is 1. The molecule has 100 valence electrons. The monoisotopic (exact) mass is 268 g/mol. The van der Waals surface area contributed by atoms with Gasteiger partial charge < -0.3 is 11.1 Å². The van der Waals surface area contributed by atoms with Crippen molar-refractivity contribution in [2.45, 2.75) is 13.3 Å². The van der Waals surface area contributed by atoms with Crippen LogP contribution in [0.4, 0.5) is 30.5 Å². The summed E-state index contributed by atoms with van der Waals surface area (Å²) in [4.78, 5) is 7.72. The van der Waals surface area contributed by atoms with E-state index < -0.39 is 17.5 Å². The summed E-state index contributed by atoms with van der Waals surface area (Å²) in [6, 6.07) is 1.19. The topological polar surface area (TPSA) is 63.8 Å². The van der Waals surface area contributed by atoms with Gasteiger partial charge in [0.15, 0.2) is 11.6 Å². The van der Waals surface area contributed by atoms with Crippen LogP contribution in [0.1, 0.15) is 12.5 Å². The molecule has 1 aromatic heterocycles. The van der Waals surface area contributed by atoms with E-state index >= 15 is 0 Å². The first kappa shape index (κ1) is 13.1. The number of rotatable bonds is 3. The maximum atomic E-state index is 13.5. The summed E-state index contributed by atoms with van der Waals surface area (Å²) in [5.41, 5.74) is 6.02. The zero-order valence-electron chi connectivity index (χ0n) is 10.0. The highest BCUT2D eigenvalue weighted by Crippen LogP contribution is 2.25.